The van der Waals surface area contributed by atoms with Crippen LogP contribution in [0.4, 0.5) is 5.69 Å². The Morgan fingerprint density at radius 1 is 1.00 bits per heavy atom. The number of halogens is 1. The molecule has 138 valence electrons. The van der Waals surface area contributed by atoms with Gasteiger partial charge in [-0.2, -0.15) is 0 Å². The van der Waals surface area contributed by atoms with Crippen molar-refractivity contribution in [1.82, 2.24) is 5.32 Å². The molecular formula is C20H17ClN2O3S. The van der Waals surface area contributed by atoms with Crippen LogP contribution in [0.3, 0.4) is 0 Å². The first kappa shape index (κ1) is 19.1. The lowest BCUT2D eigenvalue weighted by Gasteiger charge is -2.11. The van der Waals surface area contributed by atoms with E-state index >= 15 is 0 Å². The van der Waals surface area contributed by atoms with Crippen molar-refractivity contribution in [2.45, 2.75) is 11.4 Å². The van der Waals surface area contributed by atoms with Crippen molar-refractivity contribution in [3.63, 3.8) is 0 Å². The van der Waals surface area contributed by atoms with Crippen LogP contribution >= 0.6 is 23.4 Å². The monoisotopic (exact) mass is 400 g/mol. The highest BCUT2D eigenvalue weighted by atomic mass is 35.5. The number of furan rings is 1. The highest BCUT2D eigenvalue weighted by molar-refractivity contribution is 8.00. The maximum absolute atomic E-state index is 12.4. The van der Waals surface area contributed by atoms with Gasteiger partial charge in [-0.05, 0) is 48.5 Å². The summed E-state index contributed by atoms with van der Waals surface area (Å²) in [6.07, 6.45) is 1.55. The van der Waals surface area contributed by atoms with Gasteiger partial charge in [0.1, 0.15) is 5.76 Å². The summed E-state index contributed by atoms with van der Waals surface area (Å²) >= 11 is 7.25. The van der Waals surface area contributed by atoms with Crippen molar-refractivity contribution in [2.75, 3.05) is 11.1 Å². The molecule has 7 heteroatoms. The molecule has 0 unspecified atom stereocenters. The molecule has 3 rings (SSSR count). The van der Waals surface area contributed by atoms with E-state index in [1.54, 1.807) is 54.8 Å². The fourth-order valence-corrected chi connectivity index (χ4v) is 3.16. The van der Waals surface area contributed by atoms with Crippen LogP contribution in [0.2, 0.25) is 5.02 Å². The third-order valence-corrected chi connectivity index (χ3v) is 4.90. The van der Waals surface area contributed by atoms with Gasteiger partial charge in [0, 0.05) is 9.92 Å². The number of nitrogens with one attached hydrogen (secondary N) is 2. The summed E-state index contributed by atoms with van der Waals surface area (Å²) in [6.45, 7) is 0.278. The SMILES string of the molecule is O=C(CSc1ccc(Cl)cc1)Nc1ccccc1C(=O)NCc1ccco1. The smallest absolute Gasteiger partial charge is 0.253 e. The van der Waals surface area contributed by atoms with E-state index in [1.165, 1.54) is 11.8 Å². The third-order valence-electron chi connectivity index (χ3n) is 3.63. The molecule has 2 amide bonds. The zero-order chi connectivity index (χ0) is 19.1. The first-order chi connectivity index (χ1) is 13.1. The van der Waals surface area contributed by atoms with E-state index in [9.17, 15) is 9.59 Å². The lowest BCUT2D eigenvalue weighted by atomic mass is 10.1. The molecular weight excluding hydrogens is 384 g/mol. The number of amides is 2. The number of benzene rings is 2. The topological polar surface area (TPSA) is 71.3 Å². The predicted octanol–water partition coefficient (Wildman–Crippen LogP) is 4.59. The second-order valence-corrected chi connectivity index (χ2v) is 7.08. The molecule has 1 heterocycles. The summed E-state index contributed by atoms with van der Waals surface area (Å²) in [4.78, 5) is 25.6. The molecule has 0 atom stereocenters. The van der Waals surface area contributed by atoms with Crippen LogP contribution in [0.15, 0.2) is 76.2 Å². The Morgan fingerprint density at radius 3 is 2.52 bits per heavy atom. The Bertz CT molecular complexity index is 911. The van der Waals surface area contributed by atoms with Gasteiger partial charge in [-0.3, -0.25) is 9.59 Å². The molecule has 3 aromatic rings. The first-order valence-corrected chi connectivity index (χ1v) is 9.56. The summed E-state index contributed by atoms with van der Waals surface area (Å²) in [5.74, 6) is 0.405. The number of para-hydroxylation sites is 1. The molecule has 0 saturated carbocycles. The number of rotatable bonds is 7. The summed E-state index contributed by atoms with van der Waals surface area (Å²) in [7, 11) is 0. The van der Waals surface area contributed by atoms with E-state index in [2.05, 4.69) is 10.6 Å². The summed E-state index contributed by atoms with van der Waals surface area (Å²) in [5, 5.41) is 6.22. The van der Waals surface area contributed by atoms with Crippen molar-refractivity contribution in [3.05, 3.63) is 83.3 Å². The Labute approximate surface area is 166 Å². The maximum Gasteiger partial charge on any atom is 0.253 e. The van der Waals surface area contributed by atoms with Gasteiger partial charge in [0.25, 0.3) is 5.91 Å². The van der Waals surface area contributed by atoms with Crippen LogP contribution in [-0.2, 0) is 11.3 Å². The quantitative estimate of drug-likeness (QED) is 0.569. The second kappa shape index (κ2) is 9.30. The standard InChI is InChI=1S/C20H17ClN2O3S/c21-14-7-9-16(10-8-14)27-13-19(24)23-18-6-2-1-5-17(18)20(25)22-12-15-4-3-11-26-15/h1-11H,12-13H2,(H,22,25)(H,23,24). The molecule has 0 fully saturated rings. The summed E-state index contributed by atoms with van der Waals surface area (Å²) in [6, 6.07) is 17.7. The Kier molecular flexibility index (Phi) is 6.57. The molecule has 0 saturated heterocycles. The molecule has 0 radical (unpaired) electrons. The normalized spacial score (nSPS) is 10.4. The van der Waals surface area contributed by atoms with Crippen molar-refractivity contribution in [2.24, 2.45) is 0 Å². The Balaban J connectivity index is 1.58. The predicted molar refractivity (Wildman–Crippen MR) is 107 cm³/mol. The number of carbonyl (C=O) groups excluding carboxylic acids is 2. The number of anilines is 1. The van der Waals surface area contributed by atoms with Gasteiger partial charge in [-0.25, -0.2) is 0 Å². The fraction of sp³-hybridized carbons (Fsp3) is 0.100. The van der Waals surface area contributed by atoms with E-state index in [-0.39, 0.29) is 24.1 Å². The van der Waals surface area contributed by atoms with E-state index < -0.39 is 0 Å². The minimum atomic E-state index is -0.285. The number of carbonyl (C=O) groups is 2. The van der Waals surface area contributed by atoms with E-state index in [0.29, 0.717) is 22.0 Å². The maximum atomic E-state index is 12.4. The molecule has 0 spiro atoms. The van der Waals surface area contributed by atoms with Gasteiger partial charge < -0.3 is 15.1 Å². The van der Waals surface area contributed by atoms with Crippen molar-refractivity contribution in [1.29, 1.82) is 0 Å². The van der Waals surface area contributed by atoms with Gasteiger partial charge in [0.05, 0.1) is 29.8 Å². The number of thioether (sulfide) groups is 1. The van der Waals surface area contributed by atoms with Gasteiger partial charge >= 0.3 is 0 Å². The van der Waals surface area contributed by atoms with Crippen LogP contribution in [0, 0.1) is 0 Å². The highest BCUT2D eigenvalue weighted by Crippen LogP contribution is 2.21. The molecule has 0 aliphatic heterocycles. The molecule has 27 heavy (non-hydrogen) atoms. The van der Waals surface area contributed by atoms with E-state index in [4.69, 9.17) is 16.0 Å². The van der Waals surface area contributed by atoms with Gasteiger partial charge in [0.2, 0.25) is 5.91 Å². The van der Waals surface area contributed by atoms with Gasteiger partial charge in [-0.1, -0.05) is 23.7 Å². The van der Waals surface area contributed by atoms with Crippen molar-refractivity contribution < 1.29 is 14.0 Å². The largest absolute Gasteiger partial charge is 0.467 e. The molecule has 0 aliphatic rings. The van der Waals surface area contributed by atoms with Crippen LogP contribution in [-0.4, -0.2) is 17.6 Å². The molecule has 0 aliphatic carbocycles. The van der Waals surface area contributed by atoms with Gasteiger partial charge in [-0.15, -0.1) is 11.8 Å². The van der Waals surface area contributed by atoms with E-state index in [0.717, 1.165) is 4.90 Å². The third kappa shape index (κ3) is 5.64. The lowest BCUT2D eigenvalue weighted by molar-refractivity contribution is -0.113. The van der Waals surface area contributed by atoms with Crippen LogP contribution in [0.25, 0.3) is 0 Å². The van der Waals surface area contributed by atoms with Crippen molar-refractivity contribution in [3.8, 4) is 0 Å². The fourth-order valence-electron chi connectivity index (χ4n) is 2.33. The van der Waals surface area contributed by atoms with E-state index in [1.807, 2.05) is 12.1 Å². The summed E-state index contributed by atoms with van der Waals surface area (Å²) in [5.41, 5.74) is 0.866. The second-order valence-electron chi connectivity index (χ2n) is 5.60. The number of hydrogen-bond acceptors (Lipinski definition) is 4. The molecule has 2 N–H and O–H groups in total. The lowest BCUT2D eigenvalue weighted by Crippen LogP contribution is -2.25. The first-order valence-electron chi connectivity index (χ1n) is 8.19. The van der Waals surface area contributed by atoms with Crippen LogP contribution < -0.4 is 10.6 Å². The zero-order valence-corrected chi connectivity index (χ0v) is 15.8. The average Bonchev–Trinajstić information content (AvgIpc) is 3.20. The number of hydrogen-bond donors (Lipinski definition) is 2. The average molecular weight is 401 g/mol. The summed E-state index contributed by atoms with van der Waals surface area (Å²) < 4.78 is 5.20. The van der Waals surface area contributed by atoms with Gasteiger partial charge in [0.15, 0.2) is 0 Å². The minimum Gasteiger partial charge on any atom is -0.467 e. The van der Waals surface area contributed by atoms with Crippen LogP contribution in [0.5, 0.6) is 0 Å². The molecule has 1 aromatic heterocycles. The molecule has 2 aromatic carbocycles. The van der Waals surface area contributed by atoms with Crippen LogP contribution in [0.1, 0.15) is 16.1 Å². The Morgan fingerprint density at radius 2 is 1.78 bits per heavy atom. The molecule has 5 nitrogen and oxygen atoms in total. The van der Waals surface area contributed by atoms with Crippen molar-refractivity contribution >= 4 is 40.9 Å². The zero-order valence-electron chi connectivity index (χ0n) is 14.3. The molecule has 0 bridgehead atoms. The highest BCUT2D eigenvalue weighted by Gasteiger charge is 2.13. The Hall–Kier alpha value is -2.70. The minimum absolute atomic E-state index is 0.193.